The first-order valence-corrected chi connectivity index (χ1v) is 8.19. The number of nitrogens with zero attached hydrogens (tertiary/aromatic N) is 1. The third-order valence-electron chi connectivity index (χ3n) is 4.12. The molecule has 0 aliphatic carbocycles. The number of ether oxygens (including phenoxy) is 2. The quantitative estimate of drug-likeness (QED) is 0.826. The van der Waals surface area contributed by atoms with Crippen LogP contribution in [0.25, 0.3) is 0 Å². The van der Waals surface area contributed by atoms with E-state index in [1.165, 1.54) is 0 Å². The van der Waals surface area contributed by atoms with Crippen molar-refractivity contribution in [2.45, 2.75) is 51.4 Å². The smallest absolute Gasteiger partial charge is 0.305 e. The van der Waals surface area contributed by atoms with Gasteiger partial charge in [-0.1, -0.05) is 18.2 Å². The lowest BCUT2D eigenvalue weighted by molar-refractivity contribution is -0.139. The highest BCUT2D eigenvalue weighted by Gasteiger charge is 2.36. The van der Waals surface area contributed by atoms with E-state index in [2.05, 4.69) is 0 Å². The summed E-state index contributed by atoms with van der Waals surface area (Å²) < 4.78 is 11.1. The Balaban J connectivity index is 2.11. The lowest BCUT2D eigenvalue weighted by Gasteiger charge is -2.24. The molecule has 0 aromatic heterocycles. The zero-order chi connectivity index (χ0) is 17.7. The Kier molecular flexibility index (Phi) is 6.20. The maximum Gasteiger partial charge on any atom is 0.305 e. The zero-order valence-electron chi connectivity index (χ0n) is 14.4. The molecule has 2 unspecified atom stereocenters. The van der Waals surface area contributed by atoms with Crippen molar-refractivity contribution in [3.05, 3.63) is 29.8 Å². The third-order valence-corrected chi connectivity index (χ3v) is 4.12. The van der Waals surface area contributed by atoms with Gasteiger partial charge in [0.1, 0.15) is 5.75 Å². The molecule has 1 aliphatic heterocycles. The van der Waals surface area contributed by atoms with Gasteiger partial charge in [0.15, 0.2) is 0 Å². The Morgan fingerprint density at radius 2 is 2.04 bits per heavy atom. The minimum atomic E-state index is -0.905. The first kappa shape index (κ1) is 18.3. The number of likely N-dealkylation sites (tertiary alicyclic amines) is 1. The van der Waals surface area contributed by atoms with Gasteiger partial charge in [0.25, 0.3) is 0 Å². The van der Waals surface area contributed by atoms with Gasteiger partial charge in [-0.15, -0.1) is 0 Å². The van der Waals surface area contributed by atoms with Crippen LogP contribution in [0.15, 0.2) is 24.3 Å². The van der Waals surface area contributed by atoms with Crippen LogP contribution in [0.4, 0.5) is 0 Å². The normalized spacial score (nSPS) is 20.4. The second-order valence-electron chi connectivity index (χ2n) is 6.34. The Morgan fingerprint density at radius 3 is 2.67 bits per heavy atom. The average molecular weight is 335 g/mol. The highest BCUT2D eigenvalue weighted by atomic mass is 16.5. The van der Waals surface area contributed by atoms with E-state index >= 15 is 0 Å². The van der Waals surface area contributed by atoms with E-state index < -0.39 is 5.97 Å². The van der Waals surface area contributed by atoms with E-state index in [0.717, 1.165) is 5.56 Å². The summed E-state index contributed by atoms with van der Waals surface area (Å²) in [4.78, 5) is 25.4. The van der Waals surface area contributed by atoms with E-state index in [4.69, 9.17) is 14.6 Å². The van der Waals surface area contributed by atoms with Gasteiger partial charge in [-0.05, 0) is 26.3 Å². The van der Waals surface area contributed by atoms with Crippen molar-refractivity contribution >= 4 is 11.9 Å². The summed E-state index contributed by atoms with van der Waals surface area (Å²) in [6.07, 6.45) is 0.593. The van der Waals surface area contributed by atoms with Crippen molar-refractivity contribution in [3.8, 4) is 5.75 Å². The topological polar surface area (TPSA) is 76.1 Å². The van der Waals surface area contributed by atoms with Gasteiger partial charge in [0, 0.05) is 25.3 Å². The van der Waals surface area contributed by atoms with Crippen LogP contribution in [-0.2, 0) is 20.7 Å². The second kappa shape index (κ2) is 8.15. The van der Waals surface area contributed by atoms with Crippen LogP contribution in [0, 0.1) is 0 Å². The number of hydrogen-bond donors (Lipinski definition) is 1. The highest BCUT2D eigenvalue weighted by molar-refractivity contribution is 5.81. The number of methoxy groups -OCH3 is 1. The molecule has 6 nitrogen and oxygen atoms in total. The van der Waals surface area contributed by atoms with Gasteiger partial charge in [0.05, 0.1) is 25.0 Å². The van der Waals surface area contributed by atoms with Crippen molar-refractivity contribution in [2.24, 2.45) is 0 Å². The number of para-hydroxylation sites is 1. The molecule has 1 amide bonds. The molecule has 1 aromatic rings. The molecule has 1 aliphatic rings. The lowest BCUT2D eigenvalue weighted by atomic mass is 10.1. The maximum absolute atomic E-state index is 12.7. The van der Waals surface area contributed by atoms with Crippen molar-refractivity contribution < 1.29 is 24.2 Å². The molecule has 1 aromatic carbocycles. The number of amides is 1. The van der Waals surface area contributed by atoms with Gasteiger partial charge in [0.2, 0.25) is 5.91 Å². The fourth-order valence-corrected chi connectivity index (χ4v) is 3.03. The predicted molar refractivity (Wildman–Crippen MR) is 89.1 cm³/mol. The van der Waals surface area contributed by atoms with E-state index in [1.54, 1.807) is 12.0 Å². The summed E-state index contributed by atoms with van der Waals surface area (Å²) in [6, 6.07) is 7.13. The van der Waals surface area contributed by atoms with Crippen LogP contribution >= 0.6 is 0 Å². The summed E-state index contributed by atoms with van der Waals surface area (Å²) in [6.45, 7) is 4.30. The van der Waals surface area contributed by atoms with Crippen LogP contribution < -0.4 is 4.74 Å². The van der Waals surface area contributed by atoms with Crippen LogP contribution in [-0.4, -0.2) is 53.8 Å². The molecule has 1 N–H and O–H groups in total. The molecule has 1 heterocycles. The monoisotopic (exact) mass is 335 g/mol. The SMILES string of the molecule is COC1CC(CC(=O)O)N(C(=O)Cc2ccccc2OC(C)C)C1. The molecule has 0 bridgehead atoms. The minimum absolute atomic E-state index is 0.0191. The summed E-state index contributed by atoms with van der Waals surface area (Å²) in [5.74, 6) is -0.308. The molecule has 0 saturated carbocycles. The number of rotatable bonds is 7. The molecule has 0 spiro atoms. The molecule has 2 rings (SSSR count). The molecule has 24 heavy (non-hydrogen) atoms. The summed E-state index contributed by atoms with van der Waals surface area (Å²) in [5, 5.41) is 9.07. The number of benzene rings is 1. The average Bonchev–Trinajstić information content (AvgIpc) is 2.91. The molecule has 2 atom stereocenters. The van der Waals surface area contributed by atoms with Gasteiger partial charge in [-0.2, -0.15) is 0 Å². The van der Waals surface area contributed by atoms with Crippen LogP contribution in [0.2, 0.25) is 0 Å². The van der Waals surface area contributed by atoms with Crippen LogP contribution in [0.3, 0.4) is 0 Å². The highest BCUT2D eigenvalue weighted by Crippen LogP contribution is 2.26. The molecule has 1 fully saturated rings. The predicted octanol–water partition coefficient (Wildman–Crippen LogP) is 2.11. The molecule has 132 valence electrons. The second-order valence-corrected chi connectivity index (χ2v) is 6.34. The maximum atomic E-state index is 12.7. The molecule has 0 radical (unpaired) electrons. The number of carboxylic acid groups (broad SMARTS) is 1. The van der Waals surface area contributed by atoms with Crippen LogP contribution in [0.5, 0.6) is 5.75 Å². The van der Waals surface area contributed by atoms with E-state index in [0.29, 0.717) is 18.7 Å². The van der Waals surface area contributed by atoms with Crippen molar-refractivity contribution in [1.29, 1.82) is 0 Å². The fourth-order valence-electron chi connectivity index (χ4n) is 3.03. The number of aliphatic carboxylic acids is 1. The number of carbonyl (C=O) groups excluding carboxylic acids is 1. The van der Waals surface area contributed by atoms with Crippen molar-refractivity contribution in [1.82, 2.24) is 4.90 Å². The Hall–Kier alpha value is -2.08. The minimum Gasteiger partial charge on any atom is -0.491 e. The van der Waals surface area contributed by atoms with Gasteiger partial charge in [-0.3, -0.25) is 9.59 Å². The lowest BCUT2D eigenvalue weighted by Crippen LogP contribution is -2.38. The Bertz CT molecular complexity index is 587. The fraction of sp³-hybridized carbons (Fsp3) is 0.556. The van der Waals surface area contributed by atoms with Gasteiger partial charge in [-0.25, -0.2) is 0 Å². The Labute approximate surface area is 142 Å². The first-order chi connectivity index (χ1) is 11.4. The van der Waals surface area contributed by atoms with Crippen molar-refractivity contribution in [2.75, 3.05) is 13.7 Å². The standard InChI is InChI=1S/C18H25NO5/c1-12(2)24-16-7-5-4-6-13(16)8-17(20)19-11-15(23-3)9-14(19)10-18(21)22/h4-7,12,14-15H,8-11H2,1-3H3,(H,21,22). The molecule has 1 saturated heterocycles. The van der Waals surface area contributed by atoms with Gasteiger partial charge >= 0.3 is 5.97 Å². The zero-order valence-corrected chi connectivity index (χ0v) is 14.4. The van der Waals surface area contributed by atoms with E-state index in [9.17, 15) is 9.59 Å². The molecular weight excluding hydrogens is 310 g/mol. The summed E-state index contributed by atoms with van der Waals surface area (Å²) in [7, 11) is 1.59. The number of carboxylic acids is 1. The summed E-state index contributed by atoms with van der Waals surface area (Å²) >= 11 is 0. The molecule has 6 heteroatoms. The largest absolute Gasteiger partial charge is 0.491 e. The van der Waals surface area contributed by atoms with Crippen LogP contribution in [0.1, 0.15) is 32.3 Å². The Morgan fingerprint density at radius 1 is 1.33 bits per heavy atom. The molecular formula is C18H25NO5. The number of hydrogen-bond acceptors (Lipinski definition) is 4. The summed E-state index contributed by atoms with van der Waals surface area (Å²) in [5.41, 5.74) is 0.811. The van der Waals surface area contributed by atoms with Gasteiger partial charge < -0.3 is 19.5 Å². The number of carbonyl (C=O) groups is 2. The van der Waals surface area contributed by atoms with E-state index in [1.807, 2.05) is 38.1 Å². The van der Waals surface area contributed by atoms with E-state index in [-0.39, 0.29) is 37.0 Å². The first-order valence-electron chi connectivity index (χ1n) is 8.19. The third kappa shape index (κ3) is 4.71. The van der Waals surface area contributed by atoms with Crippen molar-refractivity contribution in [3.63, 3.8) is 0 Å².